The molecule has 5 heteroatoms. The Labute approximate surface area is 107 Å². The van der Waals surface area contributed by atoms with Crippen LogP contribution in [0.25, 0.3) is 0 Å². The summed E-state index contributed by atoms with van der Waals surface area (Å²) in [6, 6.07) is 5.93. The number of anilines is 1. The van der Waals surface area contributed by atoms with Crippen molar-refractivity contribution in [3.05, 3.63) is 30.1 Å². The molecular formula is C13H18FNO2S. The molecule has 0 aliphatic heterocycles. The number of nitrogens with one attached hydrogen (secondary N) is 1. The van der Waals surface area contributed by atoms with Crippen molar-refractivity contribution in [1.29, 1.82) is 0 Å². The summed E-state index contributed by atoms with van der Waals surface area (Å²) in [7, 11) is -2.97. The fourth-order valence-electron chi connectivity index (χ4n) is 2.32. The zero-order chi connectivity index (χ0) is 13.0. The van der Waals surface area contributed by atoms with Gasteiger partial charge < -0.3 is 5.32 Å². The van der Waals surface area contributed by atoms with Crippen LogP contribution in [0.1, 0.15) is 25.7 Å². The van der Waals surface area contributed by atoms with E-state index >= 15 is 0 Å². The van der Waals surface area contributed by atoms with Gasteiger partial charge in [0, 0.05) is 12.2 Å². The van der Waals surface area contributed by atoms with Gasteiger partial charge in [0.1, 0.15) is 5.82 Å². The van der Waals surface area contributed by atoms with Gasteiger partial charge in [-0.15, -0.1) is 0 Å². The maximum atomic E-state index is 12.7. The molecule has 1 aromatic carbocycles. The number of hydrogen-bond donors (Lipinski definition) is 1. The van der Waals surface area contributed by atoms with E-state index in [4.69, 9.17) is 0 Å². The van der Waals surface area contributed by atoms with Crippen LogP contribution in [-0.2, 0) is 9.84 Å². The van der Waals surface area contributed by atoms with Gasteiger partial charge >= 0.3 is 0 Å². The summed E-state index contributed by atoms with van der Waals surface area (Å²) in [5.74, 6) is -0.145. The largest absolute Gasteiger partial charge is 0.384 e. The van der Waals surface area contributed by atoms with Crippen molar-refractivity contribution in [2.24, 2.45) is 0 Å². The van der Waals surface area contributed by atoms with Crippen molar-refractivity contribution < 1.29 is 12.8 Å². The maximum absolute atomic E-state index is 12.7. The van der Waals surface area contributed by atoms with Gasteiger partial charge in [0.2, 0.25) is 0 Å². The van der Waals surface area contributed by atoms with E-state index in [1.807, 2.05) is 0 Å². The number of benzene rings is 1. The highest BCUT2D eigenvalue weighted by Gasteiger charge is 2.27. The van der Waals surface area contributed by atoms with Gasteiger partial charge in [-0.25, -0.2) is 12.8 Å². The minimum atomic E-state index is -2.97. The molecule has 1 aromatic rings. The minimum absolute atomic E-state index is 0.146. The van der Waals surface area contributed by atoms with Crippen LogP contribution in [0.2, 0.25) is 0 Å². The molecule has 0 unspecified atom stereocenters. The lowest BCUT2D eigenvalue weighted by molar-refractivity contribution is 0.580. The van der Waals surface area contributed by atoms with Crippen LogP contribution in [0, 0.1) is 5.82 Å². The highest BCUT2D eigenvalue weighted by molar-refractivity contribution is 7.92. The molecule has 0 bridgehead atoms. The zero-order valence-corrected chi connectivity index (χ0v) is 11.0. The first-order valence-corrected chi connectivity index (χ1v) is 8.00. The molecule has 2 rings (SSSR count). The first-order chi connectivity index (χ1) is 8.58. The van der Waals surface area contributed by atoms with Gasteiger partial charge in [0.15, 0.2) is 9.84 Å². The Morgan fingerprint density at radius 1 is 1.17 bits per heavy atom. The molecule has 100 valence electrons. The Bertz CT molecular complexity index is 478. The number of rotatable bonds is 5. The molecular weight excluding hydrogens is 253 g/mol. The average Bonchev–Trinajstić information content (AvgIpc) is 2.86. The van der Waals surface area contributed by atoms with E-state index < -0.39 is 9.84 Å². The molecule has 0 radical (unpaired) electrons. The van der Waals surface area contributed by atoms with Gasteiger partial charge in [0.25, 0.3) is 0 Å². The summed E-state index contributed by atoms with van der Waals surface area (Å²) in [5.41, 5.74) is 0.748. The molecule has 3 nitrogen and oxygen atoms in total. The van der Waals surface area contributed by atoms with Crippen molar-refractivity contribution in [2.45, 2.75) is 30.9 Å². The van der Waals surface area contributed by atoms with Gasteiger partial charge in [-0.1, -0.05) is 12.8 Å². The van der Waals surface area contributed by atoms with Crippen molar-refractivity contribution in [3.8, 4) is 0 Å². The molecule has 0 spiro atoms. The Balaban J connectivity index is 1.82. The molecule has 0 heterocycles. The first-order valence-electron chi connectivity index (χ1n) is 6.29. The standard InChI is InChI=1S/C13H18FNO2S/c14-11-5-7-12(8-6-11)15-9-10-18(16,17)13-3-1-2-4-13/h5-8,13,15H,1-4,9-10H2. The van der Waals surface area contributed by atoms with E-state index in [0.29, 0.717) is 6.54 Å². The van der Waals surface area contributed by atoms with Crippen LogP contribution in [0.4, 0.5) is 10.1 Å². The Kier molecular flexibility index (Phi) is 4.22. The second-order valence-electron chi connectivity index (χ2n) is 4.71. The van der Waals surface area contributed by atoms with Crippen molar-refractivity contribution in [1.82, 2.24) is 0 Å². The maximum Gasteiger partial charge on any atom is 0.154 e. The minimum Gasteiger partial charge on any atom is -0.384 e. The van der Waals surface area contributed by atoms with Gasteiger partial charge in [0.05, 0.1) is 11.0 Å². The number of halogens is 1. The van der Waals surface area contributed by atoms with Gasteiger partial charge in [-0.3, -0.25) is 0 Å². The summed E-state index contributed by atoms with van der Waals surface area (Å²) in [4.78, 5) is 0. The van der Waals surface area contributed by atoms with Crippen molar-refractivity contribution in [3.63, 3.8) is 0 Å². The normalized spacial score (nSPS) is 16.9. The van der Waals surface area contributed by atoms with E-state index in [9.17, 15) is 12.8 Å². The second-order valence-corrected chi connectivity index (χ2v) is 7.11. The molecule has 0 atom stereocenters. The van der Waals surface area contributed by atoms with E-state index in [1.54, 1.807) is 12.1 Å². The number of sulfone groups is 1. The summed E-state index contributed by atoms with van der Waals surface area (Å²) < 4.78 is 36.6. The smallest absolute Gasteiger partial charge is 0.154 e. The quantitative estimate of drug-likeness (QED) is 0.895. The van der Waals surface area contributed by atoms with Crippen LogP contribution >= 0.6 is 0 Å². The summed E-state index contributed by atoms with van der Waals surface area (Å²) in [6.45, 7) is 0.379. The predicted octanol–water partition coefficient (Wildman–Crippen LogP) is 2.60. The highest BCUT2D eigenvalue weighted by atomic mass is 32.2. The van der Waals surface area contributed by atoms with E-state index in [0.717, 1.165) is 31.4 Å². The molecule has 0 aromatic heterocycles. The van der Waals surface area contributed by atoms with Crippen LogP contribution < -0.4 is 5.32 Å². The lowest BCUT2D eigenvalue weighted by atomic mass is 10.3. The fourth-order valence-corrected chi connectivity index (χ4v) is 4.09. The third kappa shape index (κ3) is 3.45. The van der Waals surface area contributed by atoms with Crippen LogP contribution in [0.3, 0.4) is 0 Å². The van der Waals surface area contributed by atoms with Crippen LogP contribution in [0.15, 0.2) is 24.3 Å². The number of hydrogen-bond acceptors (Lipinski definition) is 3. The van der Waals surface area contributed by atoms with E-state index in [2.05, 4.69) is 5.32 Å². The molecule has 1 aliphatic rings. The summed E-state index contributed by atoms with van der Waals surface area (Å²) in [6.07, 6.45) is 3.66. The summed E-state index contributed by atoms with van der Waals surface area (Å²) >= 11 is 0. The lowest BCUT2D eigenvalue weighted by Gasteiger charge is -2.12. The molecule has 0 saturated heterocycles. The molecule has 0 amide bonds. The first kappa shape index (κ1) is 13.3. The summed E-state index contributed by atoms with van der Waals surface area (Å²) in [5, 5.41) is 2.86. The Hall–Kier alpha value is -1.10. The van der Waals surface area contributed by atoms with E-state index in [1.165, 1.54) is 12.1 Å². The SMILES string of the molecule is O=S(=O)(CCNc1ccc(F)cc1)C1CCCC1. The molecule has 1 saturated carbocycles. The molecule has 1 fully saturated rings. The predicted molar refractivity (Wildman–Crippen MR) is 70.9 cm³/mol. The fraction of sp³-hybridized carbons (Fsp3) is 0.538. The second kappa shape index (κ2) is 5.69. The molecule has 1 aliphatic carbocycles. The Morgan fingerprint density at radius 2 is 1.78 bits per heavy atom. The monoisotopic (exact) mass is 271 g/mol. The van der Waals surface area contributed by atoms with Crippen molar-refractivity contribution >= 4 is 15.5 Å². The van der Waals surface area contributed by atoms with Gasteiger partial charge in [-0.2, -0.15) is 0 Å². The lowest BCUT2D eigenvalue weighted by Crippen LogP contribution is -2.25. The zero-order valence-electron chi connectivity index (χ0n) is 10.2. The van der Waals surface area contributed by atoms with E-state index in [-0.39, 0.29) is 16.8 Å². The average molecular weight is 271 g/mol. The van der Waals surface area contributed by atoms with Gasteiger partial charge in [-0.05, 0) is 37.1 Å². The Morgan fingerprint density at radius 3 is 2.39 bits per heavy atom. The topological polar surface area (TPSA) is 46.2 Å². The molecule has 18 heavy (non-hydrogen) atoms. The highest BCUT2D eigenvalue weighted by Crippen LogP contribution is 2.25. The van der Waals surface area contributed by atoms with Crippen molar-refractivity contribution in [2.75, 3.05) is 17.6 Å². The van der Waals surface area contributed by atoms with Crippen LogP contribution in [0.5, 0.6) is 0 Å². The third-order valence-electron chi connectivity index (χ3n) is 3.37. The third-order valence-corrected chi connectivity index (χ3v) is 5.63. The molecule has 1 N–H and O–H groups in total. The van der Waals surface area contributed by atoms with Crippen LogP contribution in [-0.4, -0.2) is 26.0 Å².